The zero-order valence-electron chi connectivity index (χ0n) is 17.4. The number of furan rings is 1. The quantitative estimate of drug-likeness (QED) is 0.569. The number of rotatable bonds is 9. The summed E-state index contributed by atoms with van der Waals surface area (Å²) in [7, 11) is 1.64. The Morgan fingerprint density at radius 2 is 1.77 bits per heavy atom. The molecule has 1 aromatic heterocycles. The van der Waals surface area contributed by atoms with Crippen molar-refractivity contribution in [3.05, 3.63) is 78.3 Å². The fourth-order valence-electron chi connectivity index (χ4n) is 3.29. The van der Waals surface area contributed by atoms with E-state index in [9.17, 15) is 9.59 Å². The first kappa shape index (κ1) is 21.3. The lowest BCUT2D eigenvalue weighted by atomic mass is 10.0. The molecule has 0 atom stereocenters. The van der Waals surface area contributed by atoms with Crippen LogP contribution in [0, 0.1) is 0 Å². The minimum Gasteiger partial charge on any atom is -0.468 e. The van der Waals surface area contributed by atoms with Crippen molar-refractivity contribution in [1.82, 2.24) is 10.2 Å². The molecule has 0 aliphatic rings. The SMILES string of the molecule is CNC(=O)CN(CCc1cccc(-c2cccc(NC(C)=O)c2)c1)Cc1ccco1. The Labute approximate surface area is 176 Å². The Morgan fingerprint density at radius 1 is 1.00 bits per heavy atom. The number of carbonyl (C=O) groups excluding carboxylic acids is 2. The van der Waals surface area contributed by atoms with Crippen LogP contribution in [0.3, 0.4) is 0 Å². The van der Waals surface area contributed by atoms with E-state index in [2.05, 4.69) is 33.7 Å². The molecule has 2 amide bonds. The van der Waals surface area contributed by atoms with Crippen molar-refractivity contribution >= 4 is 17.5 Å². The fraction of sp³-hybridized carbons (Fsp3) is 0.250. The summed E-state index contributed by atoms with van der Waals surface area (Å²) in [6.45, 7) is 3.12. The van der Waals surface area contributed by atoms with Gasteiger partial charge in [-0.15, -0.1) is 0 Å². The molecule has 156 valence electrons. The Bertz CT molecular complexity index is 983. The van der Waals surface area contributed by atoms with E-state index in [-0.39, 0.29) is 11.8 Å². The summed E-state index contributed by atoms with van der Waals surface area (Å²) in [5, 5.41) is 5.50. The average molecular weight is 405 g/mol. The van der Waals surface area contributed by atoms with E-state index in [1.165, 1.54) is 12.5 Å². The van der Waals surface area contributed by atoms with Crippen LogP contribution in [0.1, 0.15) is 18.2 Å². The molecule has 3 rings (SSSR count). The molecule has 0 unspecified atom stereocenters. The highest BCUT2D eigenvalue weighted by Crippen LogP contribution is 2.24. The van der Waals surface area contributed by atoms with Crippen LogP contribution < -0.4 is 10.6 Å². The van der Waals surface area contributed by atoms with E-state index in [0.29, 0.717) is 13.1 Å². The Balaban J connectivity index is 1.70. The maximum Gasteiger partial charge on any atom is 0.233 e. The van der Waals surface area contributed by atoms with Crippen LogP contribution in [0.25, 0.3) is 11.1 Å². The smallest absolute Gasteiger partial charge is 0.233 e. The van der Waals surface area contributed by atoms with Gasteiger partial charge in [0.2, 0.25) is 11.8 Å². The first-order valence-corrected chi connectivity index (χ1v) is 9.96. The zero-order chi connectivity index (χ0) is 21.3. The molecular formula is C24H27N3O3. The number of nitrogens with one attached hydrogen (secondary N) is 2. The minimum atomic E-state index is -0.0892. The molecule has 2 N–H and O–H groups in total. The van der Waals surface area contributed by atoms with Crippen molar-refractivity contribution < 1.29 is 14.0 Å². The van der Waals surface area contributed by atoms with Gasteiger partial charge in [0.1, 0.15) is 5.76 Å². The van der Waals surface area contributed by atoms with E-state index in [1.807, 2.05) is 42.5 Å². The molecule has 3 aromatic rings. The number of likely N-dealkylation sites (N-methyl/N-ethyl adjacent to an activating group) is 1. The van der Waals surface area contributed by atoms with Crippen LogP contribution in [-0.2, 0) is 22.6 Å². The predicted molar refractivity (Wildman–Crippen MR) is 118 cm³/mol. The van der Waals surface area contributed by atoms with Crippen LogP contribution in [-0.4, -0.2) is 36.9 Å². The highest BCUT2D eigenvalue weighted by atomic mass is 16.3. The third kappa shape index (κ3) is 6.32. The second-order valence-electron chi connectivity index (χ2n) is 7.18. The molecule has 1 heterocycles. The summed E-state index contributed by atoms with van der Waals surface area (Å²) in [6, 6.07) is 19.9. The van der Waals surface area contributed by atoms with Gasteiger partial charge >= 0.3 is 0 Å². The summed E-state index contributed by atoms with van der Waals surface area (Å²) in [4.78, 5) is 25.3. The third-order valence-corrected chi connectivity index (χ3v) is 4.77. The first-order chi connectivity index (χ1) is 14.5. The molecule has 2 aromatic carbocycles. The third-order valence-electron chi connectivity index (χ3n) is 4.77. The van der Waals surface area contributed by atoms with Gasteiger partial charge in [0.25, 0.3) is 0 Å². The van der Waals surface area contributed by atoms with Crippen molar-refractivity contribution in [3.63, 3.8) is 0 Å². The highest BCUT2D eigenvalue weighted by molar-refractivity contribution is 5.89. The highest BCUT2D eigenvalue weighted by Gasteiger charge is 2.12. The number of nitrogens with zero attached hydrogens (tertiary/aromatic N) is 1. The van der Waals surface area contributed by atoms with Gasteiger partial charge < -0.3 is 15.1 Å². The molecule has 6 nitrogen and oxygen atoms in total. The van der Waals surface area contributed by atoms with Gasteiger partial charge in [0, 0.05) is 26.2 Å². The van der Waals surface area contributed by atoms with Gasteiger partial charge in [-0.25, -0.2) is 0 Å². The van der Waals surface area contributed by atoms with Crippen molar-refractivity contribution in [2.75, 3.05) is 25.5 Å². The molecular weight excluding hydrogens is 378 g/mol. The van der Waals surface area contributed by atoms with E-state index in [4.69, 9.17) is 4.42 Å². The van der Waals surface area contributed by atoms with Crippen molar-refractivity contribution in [2.24, 2.45) is 0 Å². The topological polar surface area (TPSA) is 74.6 Å². The lowest BCUT2D eigenvalue weighted by molar-refractivity contribution is -0.122. The van der Waals surface area contributed by atoms with E-state index in [1.54, 1.807) is 13.3 Å². The normalized spacial score (nSPS) is 10.8. The second kappa shape index (κ2) is 10.4. The molecule has 0 aliphatic carbocycles. The second-order valence-corrected chi connectivity index (χ2v) is 7.18. The van der Waals surface area contributed by atoms with Crippen LogP contribution in [0.4, 0.5) is 5.69 Å². The minimum absolute atomic E-state index is 0.0231. The van der Waals surface area contributed by atoms with Crippen molar-refractivity contribution in [2.45, 2.75) is 19.9 Å². The lowest BCUT2D eigenvalue weighted by Gasteiger charge is -2.20. The van der Waals surface area contributed by atoms with Gasteiger partial charge in [0.15, 0.2) is 0 Å². The molecule has 30 heavy (non-hydrogen) atoms. The van der Waals surface area contributed by atoms with Gasteiger partial charge in [-0.2, -0.15) is 0 Å². The number of amides is 2. The van der Waals surface area contributed by atoms with Crippen molar-refractivity contribution in [1.29, 1.82) is 0 Å². The molecule has 0 saturated carbocycles. The first-order valence-electron chi connectivity index (χ1n) is 9.96. The predicted octanol–water partition coefficient (Wildman–Crippen LogP) is 3.70. The average Bonchev–Trinajstić information content (AvgIpc) is 3.25. The Kier molecular flexibility index (Phi) is 7.40. The molecule has 0 saturated heterocycles. The van der Waals surface area contributed by atoms with Crippen LogP contribution in [0.15, 0.2) is 71.3 Å². The van der Waals surface area contributed by atoms with Gasteiger partial charge in [-0.05, 0) is 47.4 Å². The summed E-state index contributed by atoms with van der Waals surface area (Å²) < 4.78 is 5.44. The number of carbonyl (C=O) groups is 2. The van der Waals surface area contributed by atoms with Gasteiger partial charge in [-0.3, -0.25) is 14.5 Å². The van der Waals surface area contributed by atoms with Gasteiger partial charge in [0.05, 0.1) is 19.4 Å². The standard InChI is InChI=1S/C24H27N3O3/c1-18(28)26-22-9-4-8-21(15-22)20-7-3-6-19(14-20)11-12-27(17-24(29)25-2)16-23-10-5-13-30-23/h3-10,13-15H,11-12,16-17H2,1-2H3,(H,25,29)(H,26,28). The molecule has 0 spiro atoms. The number of hydrogen-bond acceptors (Lipinski definition) is 4. The number of hydrogen-bond donors (Lipinski definition) is 2. The van der Waals surface area contributed by atoms with E-state index < -0.39 is 0 Å². The van der Waals surface area contributed by atoms with Crippen LogP contribution >= 0.6 is 0 Å². The maximum atomic E-state index is 11.9. The number of anilines is 1. The summed E-state index contributed by atoms with van der Waals surface area (Å²) in [5.41, 5.74) is 4.09. The fourth-order valence-corrected chi connectivity index (χ4v) is 3.29. The maximum absolute atomic E-state index is 11.9. The summed E-state index contributed by atoms with van der Waals surface area (Å²) >= 11 is 0. The Morgan fingerprint density at radius 3 is 2.47 bits per heavy atom. The Hall–Kier alpha value is -3.38. The molecule has 0 radical (unpaired) electrons. The van der Waals surface area contributed by atoms with E-state index in [0.717, 1.165) is 35.5 Å². The van der Waals surface area contributed by atoms with Crippen LogP contribution in [0.5, 0.6) is 0 Å². The lowest BCUT2D eigenvalue weighted by Crippen LogP contribution is -2.36. The number of benzene rings is 2. The largest absolute Gasteiger partial charge is 0.468 e. The molecule has 0 fully saturated rings. The monoisotopic (exact) mass is 405 g/mol. The summed E-state index contributed by atoms with van der Waals surface area (Å²) in [6.07, 6.45) is 2.45. The van der Waals surface area contributed by atoms with E-state index >= 15 is 0 Å². The molecule has 0 bridgehead atoms. The van der Waals surface area contributed by atoms with Gasteiger partial charge in [-0.1, -0.05) is 36.4 Å². The van der Waals surface area contributed by atoms with Crippen LogP contribution in [0.2, 0.25) is 0 Å². The molecule has 6 heteroatoms. The molecule has 0 aliphatic heterocycles. The summed E-state index contributed by atoms with van der Waals surface area (Å²) in [5.74, 6) is 0.723. The zero-order valence-corrected chi connectivity index (χ0v) is 17.4. The van der Waals surface area contributed by atoms with Crippen molar-refractivity contribution in [3.8, 4) is 11.1 Å².